The summed E-state index contributed by atoms with van der Waals surface area (Å²) in [4.78, 5) is 0. The highest BCUT2D eigenvalue weighted by atomic mass is 16.5. The zero-order chi connectivity index (χ0) is 12.1. The van der Waals surface area contributed by atoms with Gasteiger partial charge in [0, 0.05) is 6.04 Å². The molecule has 2 N–H and O–H groups in total. The van der Waals surface area contributed by atoms with Crippen molar-refractivity contribution in [1.82, 2.24) is 0 Å². The van der Waals surface area contributed by atoms with Crippen LogP contribution in [0, 0.1) is 20.8 Å². The van der Waals surface area contributed by atoms with E-state index in [4.69, 9.17) is 10.5 Å². The Kier molecular flexibility index (Phi) is 4.81. The molecule has 0 aliphatic carbocycles. The van der Waals surface area contributed by atoms with E-state index >= 15 is 0 Å². The van der Waals surface area contributed by atoms with Crippen molar-refractivity contribution in [2.24, 2.45) is 5.73 Å². The van der Waals surface area contributed by atoms with Crippen LogP contribution in [0.1, 0.15) is 36.5 Å². The summed E-state index contributed by atoms with van der Waals surface area (Å²) in [6.45, 7) is 9.12. The van der Waals surface area contributed by atoms with Crippen LogP contribution < -0.4 is 10.5 Å². The molecule has 0 saturated heterocycles. The molecule has 0 aliphatic heterocycles. The minimum Gasteiger partial charge on any atom is -0.493 e. The van der Waals surface area contributed by atoms with E-state index < -0.39 is 0 Å². The smallest absolute Gasteiger partial charge is 0.122 e. The number of hydrogen-bond donors (Lipinski definition) is 1. The summed E-state index contributed by atoms with van der Waals surface area (Å²) in [5.74, 6) is 1.01. The number of hydrogen-bond acceptors (Lipinski definition) is 2. The molecule has 0 radical (unpaired) electrons. The number of nitrogens with two attached hydrogens (primary N) is 1. The minimum atomic E-state index is 0.268. The molecule has 2 nitrogen and oxygen atoms in total. The van der Waals surface area contributed by atoms with Crippen LogP contribution >= 0.6 is 0 Å². The van der Waals surface area contributed by atoms with E-state index in [1.807, 2.05) is 6.92 Å². The first-order valence-corrected chi connectivity index (χ1v) is 5.97. The van der Waals surface area contributed by atoms with Crippen molar-refractivity contribution in [2.45, 2.75) is 46.6 Å². The van der Waals surface area contributed by atoms with Gasteiger partial charge in [-0.1, -0.05) is 6.07 Å². The minimum absolute atomic E-state index is 0.268. The third-order valence-electron chi connectivity index (χ3n) is 2.85. The molecule has 0 fully saturated rings. The van der Waals surface area contributed by atoms with Crippen molar-refractivity contribution in [3.63, 3.8) is 0 Å². The molecule has 1 unspecified atom stereocenters. The second-order valence-electron chi connectivity index (χ2n) is 4.67. The molecule has 0 spiro atoms. The van der Waals surface area contributed by atoms with Gasteiger partial charge in [-0.05, 0) is 63.3 Å². The topological polar surface area (TPSA) is 35.2 Å². The van der Waals surface area contributed by atoms with Crippen molar-refractivity contribution in [1.29, 1.82) is 0 Å². The lowest BCUT2D eigenvalue weighted by Gasteiger charge is -2.12. The standard InChI is InChI=1S/C14H23NO/c1-10-8-12(3)14(9-11(10)2)16-7-5-6-13(4)15/h8-9,13H,5-7,15H2,1-4H3. The molecule has 1 atom stereocenters. The Morgan fingerprint density at radius 2 is 1.75 bits per heavy atom. The summed E-state index contributed by atoms with van der Waals surface area (Å²) in [6, 6.07) is 4.57. The van der Waals surface area contributed by atoms with E-state index in [1.165, 1.54) is 16.7 Å². The summed E-state index contributed by atoms with van der Waals surface area (Å²) in [6.07, 6.45) is 2.04. The van der Waals surface area contributed by atoms with Gasteiger partial charge in [0.1, 0.15) is 5.75 Å². The predicted molar refractivity (Wildman–Crippen MR) is 69.0 cm³/mol. The van der Waals surface area contributed by atoms with Gasteiger partial charge >= 0.3 is 0 Å². The highest BCUT2D eigenvalue weighted by Crippen LogP contribution is 2.22. The molecule has 0 saturated carbocycles. The molecule has 16 heavy (non-hydrogen) atoms. The maximum absolute atomic E-state index is 5.77. The van der Waals surface area contributed by atoms with E-state index in [1.54, 1.807) is 0 Å². The lowest BCUT2D eigenvalue weighted by Crippen LogP contribution is -2.15. The maximum atomic E-state index is 5.77. The van der Waals surface area contributed by atoms with E-state index in [9.17, 15) is 0 Å². The highest BCUT2D eigenvalue weighted by molar-refractivity contribution is 5.40. The lowest BCUT2D eigenvalue weighted by molar-refractivity contribution is 0.300. The maximum Gasteiger partial charge on any atom is 0.122 e. The van der Waals surface area contributed by atoms with Gasteiger partial charge in [0.05, 0.1) is 6.61 Å². The SMILES string of the molecule is Cc1cc(C)c(OCCCC(C)N)cc1C. The van der Waals surface area contributed by atoms with E-state index in [2.05, 4.69) is 32.9 Å². The zero-order valence-corrected chi connectivity index (χ0v) is 10.8. The van der Waals surface area contributed by atoms with E-state index in [0.29, 0.717) is 0 Å². The van der Waals surface area contributed by atoms with Crippen molar-refractivity contribution in [3.8, 4) is 5.75 Å². The summed E-state index contributed by atoms with van der Waals surface area (Å²) >= 11 is 0. The Hall–Kier alpha value is -1.02. The molecule has 90 valence electrons. The highest BCUT2D eigenvalue weighted by Gasteiger charge is 2.03. The second kappa shape index (κ2) is 5.90. The molecule has 1 aromatic rings. The van der Waals surface area contributed by atoms with Crippen LogP contribution in [0.4, 0.5) is 0 Å². The number of ether oxygens (including phenoxy) is 1. The predicted octanol–water partition coefficient (Wildman–Crippen LogP) is 3.12. The molecule has 0 heterocycles. The Bertz CT molecular complexity index is 345. The van der Waals surface area contributed by atoms with Gasteiger partial charge in [0.15, 0.2) is 0 Å². The van der Waals surface area contributed by atoms with Gasteiger partial charge in [0.2, 0.25) is 0 Å². The van der Waals surface area contributed by atoms with Crippen LogP contribution in [0.2, 0.25) is 0 Å². The summed E-state index contributed by atoms with van der Waals surface area (Å²) in [5.41, 5.74) is 9.51. The Balaban J connectivity index is 2.51. The normalized spacial score (nSPS) is 12.6. The van der Waals surface area contributed by atoms with Crippen LogP contribution in [0.15, 0.2) is 12.1 Å². The molecule has 2 heteroatoms. The fraction of sp³-hybridized carbons (Fsp3) is 0.571. The Labute approximate surface area is 98.8 Å². The van der Waals surface area contributed by atoms with Crippen molar-refractivity contribution in [3.05, 3.63) is 28.8 Å². The summed E-state index contributed by atoms with van der Waals surface area (Å²) in [7, 11) is 0. The molecule has 0 aromatic heterocycles. The van der Waals surface area contributed by atoms with Gasteiger partial charge in [-0.2, -0.15) is 0 Å². The summed E-state index contributed by atoms with van der Waals surface area (Å²) < 4.78 is 5.77. The van der Waals surface area contributed by atoms with Gasteiger partial charge in [-0.15, -0.1) is 0 Å². The second-order valence-corrected chi connectivity index (χ2v) is 4.67. The van der Waals surface area contributed by atoms with Crippen molar-refractivity contribution < 1.29 is 4.74 Å². The first-order valence-electron chi connectivity index (χ1n) is 5.97. The van der Waals surface area contributed by atoms with Crippen LogP contribution in [0.5, 0.6) is 5.75 Å². The quantitative estimate of drug-likeness (QED) is 0.775. The van der Waals surface area contributed by atoms with Crippen LogP contribution in [-0.4, -0.2) is 12.6 Å². The fourth-order valence-electron chi connectivity index (χ4n) is 1.68. The van der Waals surface area contributed by atoms with Gasteiger partial charge < -0.3 is 10.5 Å². The lowest BCUT2D eigenvalue weighted by atomic mass is 10.1. The number of aryl methyl sites for hydroxylation is 3. The van der Waals surface area contributed by atoms with Crippen LogP contribution in [0.25, 0.3) is 0 Å². The fourth-order valence-corrected chi connectivity index (χ4v) is 1.68. The Morgan fingerprint density at radius 3 is 2.38 bits per heavy atom. The number of rotatable bonds is 5. The van der Waals surface area contributed by atoms with Gasteiger partial charge in [-0.3, -0.25) is 0 Å². The average Bonchev–Trinajstić information content (AvgIpc) is 2.19. The monoisotopic (exact) mass is 221 g/mol. The molecule has 0 bridgehead atoms. The third kappa shape index (κ3) is 3.86. The summed E-state index contributed by atoms with van der Waals surface area (Å²) in [5, 5.41) is 0. The van der Waals surface area contributed by atoms with Crippen molar-refractivity contribution in [2.75, 3.05) is 6.61 Å². The first-order chi connectivity index (χ1) is 7.50. The van der Waals surface area contributed by atoms with Crippen LogP contribution in [-0.2, 0) is 0 Å². The average molecular weight is 221 g/mol. The molecule has 1 aromatic carbocycles. The Morgan fingerprint density at radius 1 is 1.12 bits per heavy atom. The third-order valence-corrected chi connectivity index (χ3v) is 2.85. The first kappa shape index (κ1) is 13.0. The molecular formula is C14H23NO. The zero-order valence-electron chi connectivity index (χ0n) is 10.8. The van der Waals surface area contributed by atoms with Crippen molar-refractivity contribution >= 4 is 0 Å². The van der Waals surface area contributed by atoms with E-state index in [0.717, 1.165) is 25.2 Å². The molecular weight excluding hydrogens is 198 g/mol. The largest absolute Gasteiger partial charge is 0.493 e. The van der Waals surface area contributed by atoms with Gasteiger partial charge in [0.25, 0.3) is 0 Å². The molecule has 1 rings (SSSR count). The van der Waals surface area contributed by atoms with Gasteiger partial charge in [-0.25, -0.2) is 0 Å². The van der Waals surface area contributed by atoms with E-state index in [-0.39, 0.29) is 6.04 Å². The number of benzene rings is 1. The van der Waals surface area contributed by atoms with Crippen LogP contribution in [0.3, 0.4) is 0 Å². The molecule has 0 amide bonds. The molecule has 0 aliphatic rings.